The molecule has 1 aliphatic rings. The molecular weight excluding hydrogens is 515 g/mol. The van der Waals surface area contributed by atoms with Crippen LogP contribution in [0.5, 0.6) is 0 Å². The van der Waals surface area contributed by atoms with Crippen LogP contribution in [0.4, 0.5) is 11.4 Å². The third-order valence-electron chi connectivity index (χ3n) is 5.64. The summed E-state index contributed by atoms with van der Waals surface area (Å²) in [5.74, 6) is -1.50. The third-order valence-corrected chi connectivity index (χ3v) is 7.79. The van der Waals surface area contributed by atoms with Crippen molar-refractivity contribution in [3.8, 4) is 0 Å². The highest BCUT2D eigenvalue weighted by Crippen LogP contribution is 2.36. The van der Waals surface area contributed by atoms with Crippen LogP contribution in [0.25, 0.3) is 10.9 Å². The molecule has 0 aliphatic carbocycles. The zero-order valence-electron chi connectivity index (χ0n) is 18.4. The topological polar surface area (TPSA) is 199 Å². The summed E-state index contributed by atoms with van der Waals surface area (Å²) in [4.78, 5) is 15.8. The molecule has 4 rings (SSSR count). The highest BCUT2D eigenvalue weighted by molar-refractivity contribution is 7.92. The lowest BCUT2D eigenvalue weighted by Crippen LogP contribution is -2.51. The van der Waals surface area contributed by atoms with Gasteiger partial charge in [0.1, 0.15) is 4.90 Å². The van der Waals surface area contributed by atoms with E-state index in [1.54, 1.807) is 0 Å². The second kappa shape index (κ2) is 10.3. The molecule has 1 fully saturated rings. The molecule has 188 valence electrons. The quantitative estimate of drug-likeness (QED) is 0.171. The molecule has 0 bridgehead atoms. The standard InChI is InChI=1S/C20H20B2ClN3O9S/c23-10-1-4-14-12(7-10)18(15(8-25-14)36(33,34)16-9-24-5-6-35-16)26-19-11(20(27)28)2-3-13(21(29)30)17(19)22(31)32/h1-4,7-8,16,24,29-32H,5-6,9H2,(H,25,26)(H,27,28). The number of sulfone groups is 1. The molecule has 1 aromatic heterocycles. The van der Waals surface area contributed by atoms with Crippen molar-refractivity contribution in [3.05, 3.63) is 47.1 Å². The summed E-state index contributed by atoms with van der Waals surface area (Å²) in [6.45, 7) is 0.584. The van der Waals surface area contributed by atoms with Crippen LogP contribution >= 0.6 is 11.6 Å². The fourth-order valence-electron chi connectivity index (χ4n) is 3.95. The molecule has 12 nitrogen and oxygen atoms in total. The number of hydrogen-bond donors (Lipinski definition) is 7. The van der Waals surface area contributed by atoms with Crippen LogP contribution in [0.15, 0.2) is 41.4 Å². The zero-order valence-corrected chi connectivity index (χ0v) is 20.0. The Labute approximate surface area is 210 Å². The summed E-state index contributed by atoms with van der Waals surface area (Å²) >= 11 is 6.16. The van der Waals surface area contributed by atoms with Gasteiger partial charge in [0, 0.05) is 35.2 Å². The first-order valence-electron chi connectivity index (χ1n) is 10.6. The Balaban J connectivity index is 2.03. The van der Waals surface area contributed by atoms with Crippen LogP contribution in [-0.4, -0.2) is 83.9 Å². The number of pyridine rings is 1. The van der Waals surface area contributed by atoms with E-state index in [0.717, 1.165) is 18.3 Å². The Hall–Kier alpha value is -2.75. The Kier molecular flexibility index (Phi) is 7.54. The maximum absolute atomic E-state index is 13.6. The monoisotopic (exact) mass is 535 g/mol. The third kappa shape index (κ3) is 4.92. The highest BCUT2D eigenvalue weighted by atomic mass is 35.5. The maximum Gasteiger partial charge on any atom is 0.490 e. The second-order valence-electron chi connectivity index (χ2n) is 7.88. The van der Waals surface area contributed by atoms with Crippen LogP contribution in [0.3, 0.4) is 0 Å². The van der Waals surface area contributed by atoms with Crippen LogP contribution in [-0.2, 0) is 14.6 Å². The number of carboxylic acids is 1. The van der Waals surface area contributed by atoms with Crippen molar-refractivity contribution in [1.29, 1.82) is 0 Å². The number of morpholine rings is 1. The van der Waals surface area contributed by atoms with E-state index in [1.807, 2.05) is 0 Å². The highest BCUT2D eigenvalue weighted by Gasteiger charge is 2.35. The lowest BCUT2D eigenvalue weighted by atomic mass is 9.64. The van der Waals surface area contributed by atoms with Gasteiger partial charge in [-0.15, -0.1) is 0 Å². The number of fused-ring (bicyclic) bond motifs is 1. The van der Waals surface area contributed by atoms with Gasteiger partial charge in [0.25, 0.3) is 0 Å². The van der Waals surface area contributed by atoms with Crippen LogP contribution < -0.4 is 21.6 Å². The van der Waals surface area contributed by atoms with E-state index < -0.39 is 57.7 Å². The number of rotatable bonds is 7. The molecular formula is C20H20B2ClN3O9S. The van der Waals surface area contributed by atoms with Gasteiger partial charge < -0.3 is 40.6 Å². The van der Waals surface area contributed by atoms with Gasteiger partial charge >= 0.3 is 20.2 Å². The van der Waals surface area contributed by atoms with Gasteiger partial charge in [0.15, 0.2) is 5.44 Å². The molecule has 2 aromatic carbocycles. The number of carbonyl (C=O) groups is 1. The number of ether oxygens (including phenoxy) is 1. The van der Waals surface area contributed by atoms with Crippen molar-refractivity contribution in [1.82, 2.24) is 10.3 Å². The van der Waals surface area contributed by atoms with E-state index in [4.69, 9.17) is 16.3 Å². The minimum Gasteiger partial charge on any atom is -0.478 e. The van der Waals surface area contributed by atoms with E-state index in [0.29, 0.717) is 12.1 Å². The van der Waals surface area contributed by atoms with Crippen LogP contribution in [0.1, 0.15) is 10.4 Å². The van der Waals surface area contributed by atoms with E-state index in [9.17, 15) is 38.4 Å². The lowest BCUT2D eigenvalue weighted by molar-refractivity contribution is 0.0698. The smallest absolute Gasteiger partial charge is 0.478 e. The summed E-state index contributed by atoms with van der Waals surface area (Å²) in [5, 5.41) is 55.3. The summed E-state index contributed by atoms with van der Waals surface area (Å²) in [6.07, 6.45) is 1.08. The average molecular weight is 536 g/mol. The molecule has 1 atom stereocenters. The summed E-state index contributed by atoms with van der Waals surface area (Å²) in [6, 6.07) is 6.48. The number of carboxylic acid groups (broad SMARTS) is 1. The molecule has 16 heteroatoms. The Bertz CT molecular complexity index is 1430. The van der Waals surface area contributed by atoms with E-state index >= 15 is 0 Å². The van der Waals surface area contributed by atoms with Gasteiger partial charge in [-0.05, 0) is 29.7 Å². The molecule has 0 spiro atoms. The number of nitrogens with one attached hydrogen (secondary N) is 2. The van der Waals surface area contributed by atoms with Gasteiger partial charge in [-0.3, -0.25) is 4.98 Å². The van der Waals surface area contributed by atoms with Gasteiger partial charge in [-0.1, -0.05) is 17.7 Å². The SMILES string of the molecule is O=C(O)c1ccc(B(O)O)c(B(O)O)c1Nc1c(S(=O)(=O)C2CNCCO2)cnc2ccc(Cl)cc12. The van der Waals surface area contributed by atoms with Crippen LogP contribution in [0, 0.1) is 0 Å². The maximum atomic E-state index is 13.6. The molecule has 0 amide bonds. The Morgan fingerprint density at radius 2 is 1.89 bits per heavy atom. The number of benzene rings is 2. The summed E-state index contributed by atoms with van der Waals surface area (Å²) < 4.78 is 32.6. The Morgan fingerprint density at radius 1 is 1.14 bits per heavy atom. The fraction of sp³-hybridized carbons (Fsp3) is 0.200. The molecule has 2 heterocycles. The predicted molar refractivity (Wildman–Crippen MR) is 133 cm³/mol. The van der Waals surface area contributed by atoms with Gasteiger partial charge in [-0.25, -0.2) is 13.2 Å². The fourth-order valence-corrected chi connectivity index (χ4v) is 5.66. The first-order valence-corrected chi connectivity index (χ1v) is 12.5. The largest absolute Gasteiger partial charge is 0.490 e. The number of nitrogens with zero attached hydrogens (tertiary/aromatic N) is 1. The van der Waals surface area contributed by atoms with Gasteiger partial charge in [-0.2, -0.15) is 0 Å². The number of aromatic nitrogens is 1. The zero-order chi connectivity index (χ0) is 26.2. The van der Waals surface area contributed by atoms with Gasteiger partial charge in [0.2, 0.25) is 9.84 Å². The molecule has 1 saturated heterocycles. The van der Waals surface area contributed by atoms with Crippen molar-refractivity contribution < 1.29 is 43.2 Å². The summed E-state index contributed by atoms with van der Waals surface area (Å²) in [5.41, 5.74) is -3.08. The van der Waals surface area contributed by atoms with Crippen LogP contribution in [0.2, 0.25) is 5.02 Å². The average Bonchev–Trinajstić information content (AvgIpc) is 2.84. The summed E-state index contributed by atoms with van der Waals surface area (Å²) in [7, 11) is -8.78. The van der Waals surface area contributed by atoms with Crippen molar-refractivity contribution in [2.24, 2.45) is 0 Å². The molecule has 1 unspecified atom stereocenters. The number of halogens is 1. The van der Waals surface area contributed by atoms with Crippen molar-refractivity contribution in [3.63, 3.8) is 0 Å². The Morgan fingerprint density at radius 3 is 2.50 bits per heavy atom. The first kappa shape index (κ1) is 26.3. The molecule has 7 N–H and O–H groups in total. The molecule has 36 heavy (non-hydrogen) atoms. The molecule has 0 saturated carbocycles. The van der Waals surface area contributed by atoms with E-state index in [2.05, 4.69) is 15.6 Å². The van der Waals surface area contributed by atoms with E-state index in [1.165, 1.54) is 18.2 Å². The molecule has 0 radical (unpaired) electrons. The normalized spacial score (nSPS) is 16.1. The minimum absolute atomic E-state index is 0.0114. The predicted octanol–water partition coefficient (Wildman–Crippen LogP) is -1.59. The van der Waals surface area contributed by atoms with Crippen molar-refractivity contribution in [2.45, 2.75) is 10.3 Å². The van der Waals surface area contributed by atoms with E-state index in [-0.39, 0.29) is 34.1 Å². The number of aromatic carboxylic acids is 1. The minimum atomic E-state index is -4.23. The molecule has 3 aromatic rings. The van der Waals surface area contributed by atoms with Crippen molar-refractivity contribution in [2.75, 3.05) is 25.0 Å². The van der Waals surface area contributed by atoms with Crippen molar-refractivity contribution >= 4 is 74.8 Å². The lowest BCUT2D eigenvalue weighted by Gasteiger charge is -2.26. The first-order chi connectivity index (χ1) is 17.0. The molecule has 1 aliphatic heterocycles. The van der Waals surface area contributed by atoms with Gasteiger partial charge in [0.05, 0.1) is 29.1 Å². The second-order valence-corrected chi connectivity index (χ2v) is 10.4. The number of anilines is 2. The number of hydrogen-bond acceptors (Lipinski definition) is 11.